The lowest BCUT2D eigenvalue weighted by Crippen LogP contribution is -2.47. The number of piperazine rings is 1. The van der Waals surface area contributed by atoms with Crippen molar-refractivity contribution in [2.75, 3.05) is 39.3 Å². The number of hydrogen-bond acceptors (Lipinski definition) is 3. The van der Waals surface area contributed by atoms with Crippen LogP contribution in [0.15, 0.2) is 0 Å². The van der Waals surface area contributed by atoms with E-state index in [1.807, 2.05) is 4.90 Å². The Morgan fingerprint density at radius 3 is 2.43 bits per heavy atom. The molecule has 0 aromatic carbocycles. The highest BCUT2D eigenvalue weighted by atomic mass is 35.5. The Morgan fingerprint density at radius 2 is 1.86 bits per heavy atom. The topological polar surface area (TPSA) is 35.6 Å². The van der Waals surface area contributed by atoms with Crippen LogP contribution in [0.2, 0.25) is 0 Å². The van der Waals surface area contributed by atoms with E-state index in [1.54, 1.807) is 0 Å². The molecule has 0 aromatic heterocycles. The van der Waals surface area contributed by atoms with Gasteiger partial charge in [-0.3, -0.25) is 9.69 Å². The molecule has 2 rings (SSSR count). The number of nitrogens with one attached hydrogen (secondary N) is 1. The Kier molecular flexibility index (Phi) is 8.60. The molecule has 21 heavy (non-hydrogen) atoms. The van der Waals surface area contributed by atoms with Crippen molar-refractivity contribution in [1.29, 1.82) is 0 Å². The van der Waals surface area contributed by atoms with Gasteiger partial charge in [-0.25, -0.2) is 0 Å². The molecule has 2 fully saturated rings. The summed E-state index contributed by atoms with van der Waals surface area (Å²) in [5.74, 6) is 1.03. The maximum Gasteiger partial charge on any atom is 0.223 e. The van der Waals surface area contributed by atoms with Gasteiger partial charge in [0.25, 0.3) is 0 Å². The van der Waals surface area contributed by atoms with E-state index in [2.05, 4.69) is 24.1 Å². The molecule has 2 aliphatic rings. The first-order valence-electron chi connectivity index (χ1n) is 8.39. The van der Waals surface area contributed by atoms with Gasteiger partial charge in [-0.1, -0.05) is 26.7 Å². The summed E-state index contributed by atoms with van der Waals surface area (Å²) in [6.45, 7) is 10.3. The summed E-state index contributed by atoms with van der Waals surface area (Å²) >= 11 is 0. The maximum absolute atomic E-state index is 12.3. The molecule has 1 saturated heterocycles. The van der Waals surface area contributed by atoms with Crippen molar-refractivity contribution in [3.63, 3.8) is 0 Å². The smallest absolute Gasteiger partial charge is 0.223 e. The minimum absolute atomic E-state index is 0. The van der Waals surface area contributed by atoms with Gasteiger partial charge in [0.2, 0.25) is 5.91 Å². The Labute approximate surface area is 136 Å². The molecule has 1 saturated carbocycles. The largest absolute Gasteiger partial charge is 0.340 e. The Morgan fingerprint density at radius 1 is 1.24 bits per heavy atom. The molecule has 5 heteroatoms. The number of hydrogen-bond donors (Lipinski definition) is 1. The highest BCUT2D eigenvalue weighted by Crippen LogP contribution is 2.24. The summed E-state index contributed by atoms with van der Waals surface area (Å²) in [6.07, 6.45) is 6.09. The lowest BCUT2D eigenvalue weighted by Gasteiger charge is -2.32. The van der Waals surface area contributed by atoms with Gasteiger partial charge < -0.3 is 10.2 Å². The first-order valence-corrected chi connectivity index (χ1v) is 8.39. The number of nitrogens with zero attached hydrogens (tertiary/aromatic N) is 2. The van der Waals surface area contributed by atoms with Crippen molar-refractivity contribution in [3.05, 3.63) is 0 Å². The molecule has 1 N–H and O–H groups in total. The van der Waals surface area contributed by atoms with Crippen LogP contribution in [-0.2, 0) is 4.79 Å². The normalized spacial score (nSPS) is 20.1. The van der Waals surface area contributed by atoms with Crippen molar-refractivity contribution < 1.29 is 4.79 Å². The number of carbonyl (C=O) groups excluding carboxylic acids is 1. The van der Waals surface area contributed by atoms with Gasteiger partial charge in [-0.2, -0.15) is 0 Å². The average Bonchev–Trinajstić information content (AvgIpc) is 2.97. The number of amides is 1. The van der Waals surface area contributed by atoms with Gasteiger partial charge in [-0.15, -0.1) is 12.4 Å². The highest BCUT2D eigenvalue weighted by Gasteiger charge is 2.24. The van der Waals surface area contributed by atoms with Crippen LogP contribution in [0.25, 0.3) is 0 Å². The third-order valence-corrected chi connectivity index (χ3v) is 4.52. The summed E-state index contributed by atoms with van der Waals surface area (Å²) in [5.41, 5.74) is 0. The lowest BCUT2D eigenvalue weighted by atomic mass is 10.1. The third-order valence-electron chi connectivity index (χ3n) is 4.52. The first kappa shape index (κ1) is 18.7. The first-order chi connectivity index (χ1) is 9.66. The minimum atomic E-state index is 0. The summed E-state index contributed by atoms with van der Waals surface area (Å²) in [6, 6.07) is 0.730. The van der Waals surface area contributed by atoms with Crippen LogP contribution < -0.4 is 5.32 Å². The fourth-order valence-corrected chi connectivity index (χ4v) is 3.47. The number of rotatable bonds is 6. The second-order valence-electron chi connectivity index (χ2n) is 6.71. The van der Waals surface area contributed by atoms with Crippen LogP contribution in [0.1, 0.15) is 46.0 Å². The predicted molar refractivity (Wildman–Crippen MR) is 90.0 cm³/mol. The van der Waals surface area contributed by atoms with Crippen LogP contribution in [0, 0.1) is 5.92 Å². The van der Waals surface area contributed by atoms with Crippen LogP contribution in [0.3, 0.4) is 0 Å². The standard InChI is InChI=1S/C16H31N3O.ClH/c1-14(2)13-19(15-5-3-4-6-15)10-7-16(20)18-11-8-17-9-12-18;/h14-15,17H,3-13H2,1-2H3;1H. The molecular weight excluding hydrogens is 286 g/mol. The second kappa shape index (κ2) is 9.65. The van der Waals surface area contributed by atoms with E-state index in [4.69, 9.17) is 0 Å². The van der Waals surface area contributed by atoms with E-state index in [1.165, 1.54) is 25.7 Å². The Balaban J connectivity index is 0.00000220. The summed E-state index contributed by atoms with van der Waals surface area (Å²) in [5, 5.41) is 3.30. The molecule has 0 bridgehead atoms. The van der Waals surface area contributed by atoms with E-state index >= 15 is 0 Å². The molecule has 0 spiro atoms. The Hall–Kier alpha value is -0.320. The second-order valence-corrected chi connectivity index (χ2v) is 6.71. The third kappa shape index (κ3) is 6.13. The van der Waals surface area contributed by atoms with Gasteiger partial charge in [0.05, 0.1) is 0 Å². The van der Waals surface area contributed by atoms with E-state index < -0.39 is 0 Å². The van der Waals surface area contributed by atoms with Crippen molar-refractivity contribution in [3.8, 4) is 0 Å². The Bertz CT molecular complexity index is 300. The summed E-state index contributed by atoms with van der Waals surface area (Å²) < 4.78 is 0. The zero-order chi connectivity index (χ0) is 14.4. The predicted octanol–water partition coefficient (Wildman–Crippen LogP) is 2.13. The van der Waals surface area contributed by atoms with Gasteiger partial charge in [-0.05, 0) is 18.8 Å². The SMILES string of the molecule is CC(C)CN(CCC(=O)N1CCNCC1)C1CCCC1.Cl. The zero-order valence-corrected chi connectivity index (χ0v) is 14.5. The number of halogens is 1. The molecule has 0 unspecified atom stereocenters. The van der Waals surface area contributed by atoms with Gasteiger partial charge in [0.1, 0.15) is 0 Å². The van der Waals surface area contributed by atoms with Crippen molar-refractivity contribution in [1.82, 2.24) is 15.1 Å². The highest BCUT2D eigenvalue weighted by molar-refractivity contribution is 5.85. The molecule has 1 heterocycles. The van der Waals surface area contributed by atoms with E-state index in [0.717, 1.165) is 45.3 Å². The molecule has 1 aliphatic carbocycles. The minimum Gasteiger partial charge on any atom is -0.340 e. The lowest BCUT2D eigenvalue weighted by molar-refractivity contribution is -0.132. The summed E-state index contributed by atoms with van der Waals surface area (Å²) in [4.78, 5) is 16.9. The average molecular weight is 318 g/mol. The monoisotopic (exact) mass is 317 g/mol. The molecule has 0 radical (unpaired) electrons. The van der Waals surface area contributed by atoms with E-state index in [0.29, 0.717) is 18.2 Å². The molecule has 0 aromatic rings. The quantitative estimate of drug-likeness (QED) is 0.815. The summed E-state index contributed by atoms with van der Waals surface area (Å²) in [7, 11) is 0. The molecule has 0 atom stereocenters. The van der Waals surface area contributed by atoms with Crippen molar-refractivity contribution in [2.45, 2.75) is 52.0 Å². The van der Waals surface area contributed by atoms with Crippen LogP contribution in [0.4, 0.5) is 0 Å². The van der Waals surface area contributed by atoms with Gasteiger partial charge >= 0.3 is 0 Å². The van der Waals surface area contributed by atoms with Crippen LogP contribution in [0.5, 0.6) is 0 Å². The molecule has 1 aliphatic heterocycles. The van der Waals surface area contributed by atoms with Gasteiger partial charge in [0.15, 0.2) is 0 Å². The molecule has 4 nitrogen and oxygen atoms in total. The van der Waals surface area contributed by atoms with Crippen LogP contribution >= 0.6 is 12.4 Å². The van der Waals surface area contributed by atoms with Crippen molar-refractivity contribution >= 4 is 18.3 Å². The van der Waals surface area contributed by atoms with E-state index in [-0.39, 0.29) is 12.4 Å². The fraction of sp³-hybridized carbons (Fsp3) is 0.938. The fourth-order valence-electron chi connectivity index (χ4n) is 3.47. The molecule has 124 valence electrons. The number of carbonyl (C=O) groups is 1. The maximum atomic E-state index is 12.3. The van der Waals surface area contributed by atoms with Crippen molar-refractivity contribution in [2.24, 2.45) is 5.92 Å². The zero-order valence-electron chi connectivity index (χ0n) is 13.6. The molecule has 1 amide bonds. The molecular formula is C16H32ClN3O. The van der Waals surface area contributed by atoms with E-state index in [9.17, 15) is 4.79 Å². The van der Waals surface area contributed by atoms with Gasteiger partial charge in [0, 0.05) is 51.7 Å². The van der Waals surface area contributed by atoms with Crippen LogP contribution in [-0.4, -0.2) is 61.0 Å².